The van der Waals surface area contributed by atoms with Crippen molar-refractivity contribution in [3.8, 4) is 5.75 Å². The lowest BCUT2D eigenvalue weighted by atomic mass is 10.1. The van der Waals surface area contributed by atoms with E-state index in [1.165, 1.54) is 0 Å². The third-order valence-electron chi connectivity index (χ3n) is 2.84. The SMILES string of the molecule is CN(Cc1cccc(O)c1)C(=O)c1cc(Br)ccc1I. The lowest BCUT2D eigenvalue weighted by Crippen LogP contribution is -2.26. The van der Waals surface area contributed by atoms with Crippen molar-refractivity contribution in [3.63, 3.8) is 0 Å². The average Bonchev–Trinajstić information content (AvgIpc) is 2.40. The van der Waals surface area contributed by atoms with Crippen LogP contribution in [0.5, 0.6) is 5.75 Å². The number of hydrogen-bond acceptors (Lipinski definition) is 2. The number of phenols is 1. The molecular weight excluding hydrogens is 433 g/mol. The van der Waals surface area contributed by atoms with Crippen molar-refractivity contribution in [1.29, 1.82) is 0 Å². The molecule has 0 bridgehead atoms. The smallest absolute Gasteiger partial charge is 0.255 e. The van der Waals surface area contributed by atoms with Gasteiger partial charge in [0.25, 0.3) is 5.91 Å². The molecule has 104 valence electrons. The van der Waals surface area contributed by atoms with Gasteiger partial charge in [-0.1, -0.05) is 28.1 Å². The fourth-order valence-corrected chi connectivity index (χ4v) is 2.79. The Kier molecular flexibility index (Phi) is 5.04. The van der Waals surface area contributed by atoms with Crippen LogP contribution in [0.1, 0.15) is 15.9 Å². The van der Waals surface area contributed by atoms with Crippen molar-refractivity contribution in [3.05, 3.63) is 61.6 Å². The Balaban J connectivity index is 2.18. The van der Waals surface area contributed by atoms with Gasteiger partial charge in [-0.15, -0.1) is 0 Å². The number of benzene rings is 2. The highest BCUT2D eigenvalue weighted by molar-refractivity contribution is 14.1. The summed E-state index contributed by atoms with van der Waals surface area (Å²) in [4.78, 5) is 14.1. The maximum Gasteiger partial charge on any atom is 0.255 e. The van der Waals surface area contributed by atoms with Gasteiger partial charge in [-0.05, 0) is 58.5 Å². The Labute approximate surface area is 139 Å². The molecule has 2 aromatic carbocycles. The summed E-state index contributed by atoms with van der Waals surface area (Å²) in [5.74, 6) is 0.166. The highest BCUT2D eigenvalue weighted by atomic mass is 127. The minimum Gasteiger partial charge on any atom is -0.508 e. The van der Waals surface area contributed by atoms with Crippen LogP contribution >= 0.6 is 38.5 Å². The molecule has 0 spiro atoms. The van der Waals surface area contributed by atoms with Crippen molar-refractivity contribution in [2.24, 2.45) is 0 Å². The fraction of sp³-hybridized carbons (Fsp3) is 0.133. The fourth-order valence-electron chi connectivity index (χ4n) is 1.87. The van der Waals surface area contributed by atoms with Crippen molar-refractivity contribution >= 4 is 44.4 Å². The van der Waals surface area contributed by atoms with E-state index >= 15 is 0 Å². The first-order valence-electron chi connectivity index (χ1n) is 5.96. The molecule has 0 aliphatic rings. The number of rotatable bonds is 3. The molecule has 0 radical (unpaired) electrons. The third kappa shape index (κ3) is 3.73. The summed E-state index contributed by atoms with van der Waals surface area (Å²) < 4.78 is 1.80. The maximum absolute atomic E-state index is 12.4. The van der Waals surface area contributed by atoms with E-state index in [1.807, 2.05) is 24.3 Å². The lowest BCUT2D eigenvalue weighted by molar-refractivity contribution is 0.0784. The van der Waals surface area contributed by atoms with Gasteiger partial charge < -0.3 is 10.0 Å². The number of nitrogens with zero attached hydrogens (tertiary/aromatic N) is 1. The van der Waals surface area contributed by atoms with E-state index in [0.717, 1.165) is 13.6 Å². The van der Waals surface area contributed by atoms with Gasteiger partial charge in [0, 0.05) is 21.6 Å². The van der Waals surface area contributed by atoms with Gasteiger partial charge >= 0.3 is 0 Å². The summed E-state index contributed by atoms with van der Waals surface area (Å²) in [6.45, 7) is 0.454. The maximum atomic E-state index is 12.4. The van der Waals surface area contributed by atoms with Crippen LogP contribution in [0, 0.1) is 3.57 Å². The number of hydrogen-bond donors (Lipinski definition) is 1. The number of phenolic OH excluding ortho intramolecular Hbond substituents is 1. The van der Waals surface area contributed by atoms with Crippen LogP contribution in [0.2, 0.25) is 0 Å². The van der Waals surface area contributed by atoms with Gasteiger partial charge in [-0.3, -0.25) is 4.79 Å². The van der Waals surface area contributed by atoms with E-state index in [2.05, 4.69) is 38.5 Å². The monoisotopic (exact) mass is 445 g/mol. The van der Waals surface area contributed by atoms with Crippen molar-refractivity contribution in [1.82, 2.24) is 4.90 Å². The summed E-state index contributed by atoms with van der Waals surface area (Å²) in [6.07, 6.45) is 0. The summed E-state index contributed by atoms with van der Waals surface area (Å²) in [5.41, 5.74) is 1.56. The molecule has 0 aliphatic heterocycles. The van der Waals surface area contributed by atoms with E-state index in [-0.39, 0.29) is 11.7 Å². The molecule has 2 aromatic rings. The molecule has 0 unspecified atom stereocenters. The largest absolute Gasteiger partial charge is 0.508 e. The lowest BCUT2D eigenvalue weighted by Gasteiger charge is -2.18. The highest BCUT2D eigenvalue weighted by Crippen LogP contribution is 2.21. The summed E-state index contributed by atoms with van der Waals surface area (Å²) in [6, 6.07) is 12.6. The highest BCUT2D eigenvalue weighted by Gasteiger charge is 2.15. The van der Waals surface area contributed by atoms with Crippen LogP contribution in [-0.2, 0) is 6.54 Å². The second-order valence-corrected chi connectivity index (χ2v) is 6.53. The van der Waals surface area contributed by atoms with E-state index in [0.29, 0.717) is 12.1 Å². The molecule has 3 nitrogen and oxygen atoms in total. The van der Waals surface area contributed by atoms with Crippen LogP contribution in [-0.4, -0.2) is 23.0 Å². The van der Waals surface area contributed by atoms with Gasteiger partial charge in [0.15, 0.2) is 0 Å². The van der Waals surface area contributed by atoms with Crippen LogP contribution in [0.3, 0.4) is 0 Å². The molecule has 0 heterocycles. The van der Waals surface area contributed by atoms with Gasteiger partial charge in [-0.2, -0.15) is 0 Å². The Hall–Kier alpha value is -1.08. The number of carbonyl (C=O) groups is 1. The third-order valence-corrected chi connectivity index (χ3v) is 4.27. The van der Waals surface area contributed by atoms with E-state index in [4.69, 9.17) is 0 Å². The van der Waals surface area contributed by atoms with Crippen LogP contribution in [0.25, 0.3) is 0 Å². The van der Waals surface area contributed by atoms with Crippen molar-refractivity contribution in [2.75, 3.05) is 7.05 Å². The van der Waals surface area contributed by atoms with Gasteiger partial charge in [0.2, 0.25) is 0 Å². The molecule has 0 aromatic heterocycles. The molecular formula is C15H13BrINO2. The predicted octanol–water partition coefficient (Wildman–Crippen LogP) is 4.03. The van der Waals surface area contributed by atoms with Crippen molar-refractivity contribution in [2.45, 2.75) is 6.54 Å². The molecule has 1 amide bonds. The molecule has 0 saturated heterocycles. The van der Waals surface area contributed by atoms with Crippen LogP contribution in [0.15, 0.2) is 46.9 Å². The summed E-state index contributed by atoms with van der Waals surface area (Å²) in [5, 5.41) is 9.45. The number of carbonyl (C=O) groups excluding carboxylic acids is 1. The zero-order valence-electron chi connectivity index (χ0n) is 10.8. The minimum atomic E-state index is -0.0426. The summed E-state index contributed by atoms with van der Waals surface area (Å²) >= 11 is 5.54. The molecule has 0 atom stereocenters. The first kappa shape index (κ1) is 15.3. The zero-order valence-corrected chi connectivity index (χ0v) is 14.6. The van der Waals surface area contributed by atoms with Gasteiger partial charge in [-0.25, -0.2) is 0 Å². The van der Waals surface area contributed by atoms with E-state index < -0.39 is 0 Å². The first-order valence-corrected chi connectivity index (χ1v) is 7.83. The molecule has 2 rings (SSSR count). The Morgan fingerprint density at radius 2 is 2.05 bits per heavy atom. The minimum absolute atomic E-state index is 0.0426. The van der Waals surface area contributed by atoms with Crippen LogP contribution in [0.4, 0.5) is 0 Å². The Bertz CT molecular complexity index is 646. The molecule has 1 N–H and O–H groups in total. The number of aromatic hydroxyl groups is 1. The molecule has 0 saturated carbocycles. The molecule has 5 heteroatoms. The average molecular weight is 446 g/mol. The summed E-state index contributed by atoms with van der Waals surface area (Å²) in [7, 11) is 1.75. The van der Waals surface area contributed by atoms with E-state index in [1.54, 1.807) is 30.1 Å². The number of amides is 1. The normalized spacial score (nSPS) is 10.3. The number of halogens is 2. The van der Waals surface area contributed by atoms with E-state index in [9.17, 15) is 9.90 Å². The van der Waals surface area contributed by atoms with Crippen molar-refractivity contribution < 1.29 is 9.90 Å². The van der Waals surface area contributed by atoms with Crippen LogP contribution < -0.4 is 0 Å². The standard InChI is InChI=1S/C15H13BrINO2/c1-18(9-10-3-2-4-12(19)7-10)15(20)13-8-11(16)5-6-14(13)17/h2-8,19H,9H2,1H3. The zero-order chi connectivity index (χ0) is 14.7. The second-order valence-electron chi connectivity index (χ2n) is 4.46. The Morgan fingerprint density at radius 1 is 1.30 bits per heavy atom. The Morgan fingerprint density at radius 3 is 2.75 bits per heavy atom. The molecule has 20 heavy (non-hydrogen) atoms. The first-order chi connectivity index (χ1) is 9.47. The quantitative estimate of drug-likeness (QED) is 0.724. The predicted molar refractivity (Wildman–Crippen MR) is 90.8 cm³/mol. The van der Waals surface area contributed by atoms with Gasteiger partial charge in [0.1, 0.15) is 5.75 Å². The molecule has 0 aliphatic carbocycles. The van der Waals surface area contributed by atoms with Gasteiger partial charge in [0.05, 0.1) is 5.56 Å². The second kappa shape index (κ2) is 6.58. The topological polar surface area (TPSA) is 40.5 Å². The molecule has 0 fully saturated rings.